The van der Waals surface area contributed by atoms with Crippen molar-refractivity contribution in [1.29, 1.82) is 0 Å². The van der Waals surface area contributed by atoms with Gasteiger partial charge in [0.2, 0.25) is 5.91 Å². The van der Waals surface area contributed by atoms with Crippen LogP contribution in [0.2, 0.25) is 0 Å². The molecule has 0 atom stereocenters. The van der Waals surface area contributed by atoms with Gasteiger partial charge >= 0.3 is 6.18 Å². The number of nitrogens with one attached hydrogen (secondary N) is 1. The van der Waals surface area contributed by atoms with Gasteiger partial charge in [-0.05, 0) is 35.4 Å². The second-order valence-electron chi connectivity index (χ2n) is 4.76. The average Bonchev–Trinajstić information content (AvgIpc) is 2.45. The number of hydrogen-bond acceptors (Lipinski definition) is 1. The van der Waals surface area contributed by atoms with E-state index in [2.05, 4.69) is 5.32 Å². The molecule has 0 unspecified atom stereocenters. The molecule has 0 aliphatic carbocycles. The fourth-order valence-corrected chi connectivity index (χ4v) is 1.86. The van der Waals surface area contributed by atoms with E-state index < -0.39 is 11.7 Å². The molecule has 0 aromatic heterocycles. The number of alkyl halides is 3. The summed E-state index contributed by atoms with van der Waals surface area (Å²) in [7, 11) is 0. The number of carbonyl (C=O) groups excluding carboxylic acids is 1. The molecule has 5 heteroatoms. The van der Waals surface area contributed by atoms with E-state index in [4.69, 9.17) is 0 Å². The van der Waals surface area contributed by atoms with Crippen molar-refractivity contribution in [2.24, 2.45) is 0 Å². The van der Waals surface area contributed by atoms with Crippen LogP contribution in [-0.2, 0) is 11.0 Å². The van der Waals surface area contributed by atoms with Crippen LogP contribution in [-0.4, -0.2) is 5.91 Å². The first-order chi connectivity index (χ1) is 10.3. The molecule has 0 bridgehead atoms. The van der Waals surface area contributed by atoms with Gasteiger partial charge in [-0.2, -0.15) is 13.2 Å². The first-order valence-corrected chi connectivity index (χ1v) is 6.57. The zero-order chi connectivity index (χ0) is 16.2. The summed E-state index contributed by atoms with van der Waals surface area (Å²) in [6.45, 7) is 1.43. The molecule has 1 amide bonds. The maximum Gasteiger partial charge on any atom is 0.416 e. The van der Waals surface area contributed by atoms with Crippen molar-refractivity contribution in [3.8, 4) is 0 Å². The molecular weight excluding hydrogens is 291 g/mol. The molecule has 0 aliphatic heterocycles. The van der Waals surface area contributed by atoms with Crippen LogP contribution in [0.5, 0.6) is 0 Å². The smallest absolute Gasteiger partial charge is 0.326 e. The third-order valence-corrected chi connectivity index (χ3v) is 2.94. The summed E-state index contributed by atoms with van der Waals surface area (Å²) in [4.78, 5) is 10.9. The molecule has 2 rings (SSSR count). The molecule has 0 aliphatic rings. The Morgan fingerprint density at radius 3 is 1.77 bits per heavy atom. The third kappa shape index (κ3) is 4.48. The van der Waals surface area contributed by atoms with Crippen LogP contribution >= 0.6 is 0 Å². The van der Waals surface area contributed by atoms with Crippen molar-refractivity contribution in [2.75, 3.05) is 5.32 Å². The number of benzene rings is 2. The SMILES string of the molecule is CC(=O)Nc1ccc(/C=C/c2ccc(C(F)(F)F)cc2)cc1. The number of anilines is 1. The highest BCUT2D eigenvalue weighted by atomic mass is 19.4. The Morgan fingerprint density at radius 2 is 1.36 bits per heavy atom. The Labute approximate surface area is 126 Å². The van der Waals surface area contributed by atoms with E-state index in [0.29, 0.717) is 11.3 Å². The maximum absolute atomic E-state index is 12.5. The molecule has 0 spiro atoms. The van der Waals surface area contributed by atoms with Gasteiger partial charge in [0.1, 0.15) is 0 Å². The van der Waals surface area contributed by atoms with Crippen molar-refractivity contribution >= 4 is 23.7 Å². The Kier molecular flexibility index (Phi) is 4.65. The molecule has 2 aromatic rings. The Morgan fingerprint density at radius 1 is 0.909 bits per heavy atom. The molecule has 0 fully saturated rings. The summed E-state index contributed by atoms with van der Waals surface area (Å²) in [5.74, 6) is -0.145. The fraction of sp³-hybridized carbons (Fsp3) is 0.118. The van der Waals surface area contributed by atoms with E-state index in [0.717, 1.165) is 17.7 Å². The minimum absolute atomic E-state index is 0.145. The van der Waals surface area contributed by atoms with E-state index >= 15 is 0 Å². The van der Waals surface area contributed by atoms with Crippen molar-refractivity contribution in [3.05, 3.63) is 65.2 Å². The standard InChI is InChI=1S/C17H14F3NO/c1-12(22)21-16-10-6-14(7-11-16)3-2-13-4-8-15(9-5-13)17(18,19)20/h2-11H,1H3,(H,21,22)/b3-2+. The summed E-state index contributed by atoms with van der Waals surface area (Å²) in [5, 5.41) is 2.66. The van der Waals surface area contributed by atoms with Gasteiger partial charge in [-0.1, -0.05) is 36.4 Å². The first kappa shape index (κ1) is 15.8. The van der Waals surface area contributed by atoms with Crippen LogP contribution in [0, 0.1) is 0 Å². The Hall–Kier alpha value is -2.56. The lowest BCUT2D eigenvalue weighted by atomic mass is 10.1. The molecule has 2 nitrogen and oxygen atoms in total. The highest BCUT2D eigenvalue weighted by molar-refractivity contribution is 5.88. The van der Waals surface area contributed by atoms with Crippen molar-refractivity contribution < 1.29 is 18.0 Å². The molecule has 0 saturated carbocycles. The monoisotopic (exact) mass is 305 g/mol. The van der Waals surface area contributed by atoms with Crippen LogP contribution in [0.15, 0.2) is 48.5 Å². The molecule has 114 valence electrons. The van der Waals surface area contributed by atoms with Gasteiger partial charge in [-0.25, -0.2) is 0 Å². The molecule has 0 radical (unpaired) electrons. The van der Waals surface area contributed by atoms with E-state index in [1.54, 1.807) is 24.3 Å². The largest absolute Gasteiger partial charge is 0.416 e. The highest BCUT2D eigenvalue weighted by Crippen LogP contribution is 2.29. The average molecular weight is 305 g/mol. The molecule has 22 heavy (non-hydrogen) atoms. The van der Waals surface area contributed by atoms with Gasteiger partial charge in [0.05, 0.1) is 5.56 Å². The molecule has 2 aromatic carbocycles. The zero-order valence-electron chi connectivity index (χ0n) is 11.8. The minimum atomic E-state index is -4.32. The number of amides is 1. The van der Waals surface area contributed by atoms with Gasteiger partial charge < -0.3 is 5.32 Å². The van der Waals surface area contributed by atoms with Crippen LogP contribution in [0.1, 0.15) is 23.6 Å². The fourth-order valence-electron chi connectivity index (χ4n) is 1.86. The minimum Gasteiger partial charge on any atom is -0.326 e. The van der Waals surface area contributed by atoms with Crippen LogP contribution in [0.25, 0.3) is 12.2 Å². The molecule has 0 saturated heterocycles. The van der Waals surface area contributed by atoms with Gasteiger partial charge in [0.15, 0.2) is 0 Å². The van der Waals surface area contributed by atoms with Gasteiger partial charge in [-0.3, -0.25) is 4.79 Å². The summed E-state index contributed by atoms with van der Waals surface area (Å²) in [6, 6.07) is 12.1. The van der Waals surface area contributed by atoms with Crippen LogP contribution in [0.3, 0.4) is 0 Å². The lowest BCUT2D eigenvalue weighted by Crippen LogP contribution is -2.05. The summed E-state index contributed by atoms with van der Waals surface area (Å²) in [6.07, 6.45) is -0.796. The van der Waals surface area contributed by atoms with E-state index in [1.807, 2.05) is 12.1 Å². The highest BCUT2D eigenvalue weighted by Gasteiger charge is 2.29. The number of halogens is 3. The topological polar surface area (TPSA) is 29.1 Å². The van der Waals surface area contributed by atoms with E-state index in [-0.39, 0.29) is 5.91 Å². The Bertz CT molecular complexity index is 671. The lowest BCUT2D eigenvalue weighted by molar-refractivity contribution is -0.137. The maximum atomic E-state index is 12.5. The Balaban J connectivity index is 2.06. The van der Waals surface area contributed by atoms with E-state index in [9.17, 15) is 18.0 Å². The van der Waals surface area contributed by atoms with Crippen molar-refractivity contribution in [2.45, 2.75) is 13.1 Å². The third-order valence-electron chi connectivity index (χ3n) is 2.94. The predicted molar refractivity (Wildman–Crippen MR) is 81.1 cm³/mol. The number of hydrogen-bond donors (Lipinski definition) is 1. The lowest BCUT2D eigenvalue weighted by Gasteiger charge is -2.06. The van der Waals surface area contributed by atoms with Crippen molar-refractivity contribution in [3.63, 3.8) is 0 Å². The summed E-state index contributed by atoms with van der Waals surface area (Å²) < 4.78 is 37.4. The first-order valence-electron chi connectivity index (χ1n) is 6.57. The quantitative estimate of drug-likeness (QED) is 0.808. The second kappa shape index (κ2) is 6.47. The molecule has 0 heterocycles. The summed E-state index contributed by atoms with van der Waals surface area (Å²) >= 11 is 0. The van der Waals surface area contributed by atoms with Gasteiger partial charge in [-0.15, -0.1) is 0 Å². The second-order valence-corrected chi connectivity index (χ2v) is 4.76. The predicted octanol–water partition coefficient (Wildman–Crippen LogP) is 4.83. The molecule has 1 N–H and O–H groups in total. The van der Waals surface area contributed by atoms with Crippen LogP contribution in [0.4, 0.5) is 18.9 Å². The van der Waals surface area contributed by atoms with Crippen molar-refractivity contribution in [1.82, 2.24) is 0 Å². The normalized spacial score (nSPS) is 11.6. The number of rotatable bonds is 3. The van der Waals surface area contributed by atoms with Gasteiger partial charge in [0.25, 0.3) is 0 Å². The molecular formula is C17H14F3NO. The number of carbonyl (C=O) groups is 1. The van der Waals surface area contributed by atoms with E-state index in [1.165, 1.54) is 19.1 Å². The zero-order valence-corrected chi connectivity index (χ0v) is 11.8. The van der Waals surface area contributed by atoms with Gasteiger partial charge in [0, 0.05) is 12.6 Å². The summed E-state index contributed by atoms with van der Waals surface area (Å²) in [5.41, 5.74) is 1.59. The van der Waals surface area contributed by atoms with Crippen LogP contribution < -0.4 is 5.32 Å².